The van der Waals surface area contributed by atoms with Gasteiger partial charge in [0.25, 0.3) is 5.56 Å². The van der Waals surface area contributed by atoms with E-state index in [0.29, 0.717) is 11.4 Å². The number of benzene rings is 1. The average Bonchev–Trinajstić information content (AvgIpc) is 2.34. The Morgan fingerprint density at radius 2 is 2.00 bits per heavy atom. The summed E-state index contributed by atoms with van der Waals surface area (Å²) < 4.78 is 1.42. The molecule has 0 aliphatic heterocycles. The lowest BCUT2D eigenvalue weighted by Gasteiger charge is -2.10. The number of aromatic nitrogens is 1. The fourth-order valence-corrected chi connectivity index (χ4v) is 1.79. The first-order valence-corrected chi connectivity index (χ1v) is 5.88. The topological polar surface area (TPSA) is 77.1 Å². The molecule has 5 heteroatoms. The number of amides is 1. The largest absolute Gasteiger partial charge is 0.399 e. The molecular formula is C14H15N3O2. The van der Waals surface area contributed by atoms with Crippen LogP contribution in [0.2, 0.25) is 0 Å². The maximum absolute atomic E-state index is 11.9. The molecule has 1 amide bonds. The summed E-state index contributed by atoms with van der Waals surface area (Å²) in [5.74, 6) is -0.262. The van der Waals surface area contributed by atoms with E-state index in [-0.39, 0.29) is 18.0 Å². The summed E-state index contributed by atoms with van der Waals surface area (Å²) in [5.41, 5.74) is 7.37. The van der Waals surface area contributed by atoms with E-state index in [1.807, 2.05) is 0 Å². The highest BCUT2D eigenvalue weighted by molar-refractivity contribution is 5.91. The second-order valence-corrected chi connectivity index (χ2v) is 4.27. The van der Waals surface area contributed by atoms with Crippen LogP contribution in [0.4, 0.5) is 11.4 Å². The van der Waals surface area contributed by atoms with E-state index in [4.69, 9.17) is 5.73 Å². The van der Waals surface area contributed by atoms with Gasteiger partial charge in [-0.15, -0.1) is 0 Å². The van der Waals surface area contributed by atoms with Crippen LogP contribution in [0.15, 0.2) is 47.3 Å². The quantitative estimate of drug-likeness (QED) is 0.815. The molecular weight excluding hydrogens is 242 g/mol. The van der Waals surface area contributed by atoms with Gasteiger partial charge in [-0.3, -0.25) is 9.59 Å². The Balaban J connectivity index is 2.12. The monoisotopic (exact) mass is 257 g/mol. The Labute approximate surface area is 110 Å². The molecule has 0 saturated carbocycles. The summed E-state index contributed by atoms with van der Waals surface area (Å²) in [6.07, 6.45) is 0. The molecule has 1 aromatic heterocycles. The number of hydrogen-bond acceptors (Lipinski definition) is 3. The van der Waals surface area contributed by atoms with Gasteiger partial charge in [-0.2, -0.15) is 0 Å². The highest BCUT2D eigenvalue weighted by Gasteiger charge is 2.06. The first-order chi connectivity index (χ1) is 9.06. The van der Waals surface area contributed by atoms with Gasteiger partial charge >= 0.3 is 0 Å². The van der Waals surface area contributed by atoms with Gasteiger partial charge in [0.05, 0.1) is 0 Å². The molecule has 0 unspecified atom stereocenters. The standard InChI is InChI=1S/C14H15N3O2/c1-10-4-2-7-14(19)17(10)9-13(18)16-12-6-3-5-11(15)8-12/h2-8H,9,15H2,1H3,(H,16,18). The Kier molecular flexibility index (Phi) is 3.66. The van der Waals surface area contributed by atoms with E-state index in [1.165, 1.54) is 10.6 Å². The van der Waals surface area contributed by atoms with Gasteiger partial charge in [-0.05, 0) is 31.2 Å². The fraction of sp³-hybridized carbons (Fsp3) is 0.143. The van der Waals surface area contributed by atoms with Crippen LogP contribution in [0.1, 0.15) is 5.69 Å². The number of nitrogens with two attached hydrogens (primary N) is 1. The van der Waals surface area contributed by atoms with Crippen LogP contribution < -0.4 is 16.6 Å². The van der Waals surface area contributed by atoms with Gasteiger partial charge in [-0.1, -0.05) is 12.1 Å². The molecule has 0 aliphatic rings. The third-order valence-electron chi connectivity index (χ3n) is 2.74. The number of aryl methyl sites for hydroxylation is 1. The molecule has 0 fully saturated rings. The molecule has 0 radical (unpaired) electrons. The van der Waals surface area contributed by atoms with Crippen LogP contribution in [0.25, 0.3) is 0 Å². The molecule has 0 aliphatic carbocycles. The lowest BCUT2D eigenvalue weighted by atomic mass is 10.3. The van der Waals surface area contributed by atoms with Crippen molar-refractivity contribution < 1.29 is 4.79 Å². The van der Waals surface area contributed by atoms with Crippen molar-refractivity contribution in [2.24, 2.45) is 0 Å². The molecule has 0 spiro atoms. The smallest absolute Gasteiger partial charge is 0.251 e. The summed E-state index contributed by atoms with van der Waals surface area (Å²) in [4.78, 5) is 23.5. The van der Waals surface area contributed by atoms with Crippen molar-refractivity contribution in [1.29, 1.82) is 0 Å². The molecule has 19 heavy (non-hydrogen) atoms. The Hall–Kier alpha value is -2.56. The van der Waals surface area contributed by atoms with Crippen molar-refractivity contribution in [2.75, 3.05) is 11.1 Å². The first-order valence-electron chi connectivity index (χ1n) is 5.88. The number of anilines is 2. The lowest BCUT2D eigenvalue weighted by molar-refractivity contribution is -0.116. The van der Waals surface area contributed by atoms with Gasteiger partial charge < -0.3 is 15.6 Å². The van der Waals surface area contributed by atoms with E-state index in [2.05, 4.69) is 5.32 Å². The van der Waals surface area contributed by atoms with Crippen molar-refractivity contribution in [3.63, 3.8) is 0 Å². The molecule has 0 saturated heterocycles. The molecule has 0 bridgehead atoms. The third kappa shape index (κ3) is 3.22. The van der Waals surface area contributed by atoms with Crippen molar-refractivity contribution in [2.45, 2.75) is 13.5 Å². The highest BCUT2D eigenvalue weighted by Crippen LogP contribution is 2.11. The second-order valence-electron chi connectivity index (χ2n) is 4.27. The van der Waals surface area contributed by atoms with Crippen LogP contribution in [-0.2, 0) is 11.3 Å². The maximum Gasteiger partial charge on any atom is 0.251 e. The molecule has 2 aromatic rings. The zero-order valence-corrected chi connectivity index (χ0v) is 10.6. The number of rotatable bonds is 3. The molecule has 0 atom stereocenters. The van der Waals surface area contributed by atoms with Crippen LogP contribution >= 0.6 is 0 Å². The average molecular weight is 257 g/mol. The summed E-state index contributed by atoms with van der Waals surface area (Å²) in [5, 5.41) is 2.71. The SMILES string of the molecule is Cc1cccc(=O)n1CC(=O)Nc1cccc(N)c1. The van der Waals surface area contributed by atoms with Gasteiger partial charge in [-0.25, -0.2) is 0 Å². The summed E-state index contributed by atoms with van der Waals surface area (Å²) in [6, 6.07) is 11.8. The molecule has 1 heterocycles. The molecule has 3 N–H and O–H groups in total. The third-order valence-corrected chi connectivity index (χ3v) is 2.74. The second kappa shape index (κ2) is 5.39. The zero-order chi connectivity index (χ0) is 13.8. The van der Waals surface area contributed by atoms with Crippen LogP contribution in [-0.4, -0.2) is 10.5 Å². The summed E-state index contributed by atoms with van der Waals surface area (Å²) in [7, 11) is 0. The fourth-order valence-electron chi connectivity index (χ4n) is 1.79. The Bertz CT molecular complexity index is 662. The van der Waals surface area contributed by atoms with E-state index in [0.717, 1.165) is 5.69 Å². The van der Waals surface area contributed by atoms with Crippen molar-refractivity contribution in [1.82, 2.24) is 4.57 Å². The number of carbonyl (C=O) groups is 1. The van der Waals surface area contributed by atoms with Crippen LogP contribution in [0.3, 0.4) is 0 Å². The normalized spacial score (nSPS) is 10.2. The number of pyridine rings is 1. The van der Waals surface area contributed by atoms with E-state index in [1.54, 1.807) is 43.3 Å². The summed E-state index contributed by atoms with van der Waals surface area (Å²) in [6.45, 7) is 1.77. The Morgan fingerprint density at radius 3 is 2.68 bits per heavy atom. The van der Waals surface area contributed by atoms with Crippen molar-refractivity contribution in [3.05, 3.63) is 58.5 Å². The van der Waals surface area contributed by atoms with Crippen LogP contribution in [0, 0.1) is 6.92 Å². The van der Waals surface area contributed by atoms with Gasteiger partial charge in [0.2, 0.25) is 5.91 Å². The maximum atomic E-state index is 11.9. The summed E-state index contributed by atoms with van der Waals surface area (Å²) >= 11 is 0. The number of nitrogens with zero attached hydrogens (tertiary/aromatic N) is 1. The number of nitrogen functional groups attached to an aromatic ring is 1. The minimum absolute atomic E-state index is 0.0136. The lowest BCUT2D eigenvalue weighted by Crippen LogP contribution is -2.28. The van der Waals surface area contributed by atoms with E-state index >= 15 is 0 Å². The predicted molar refractivity (Wildman–Crippen MR) is 74.9 cm³/mol. The minimum Gasteiger partial charge on any atom is -0.399 e. The van der Waals surface area contributed by atoms with Gasteiger partial charge in [0, 0.05) is 23.1 Å². The van der Waals surface area contributed by atoms with E-state index in [9.17, 15) is 9.59 Å². The molecule has 98 valence electrons. The highest BCUT2D eigenvalue weighted by atomic mass is 16.2. The number of carbonyl (C=O) groups excluding carboxylic acids is 1. The molecule has 5 nitrogen and oxygen atoms in total. The minimum atomic E-state index is -0.262. The van der Waals surface area contributed by atoms with Crippen LogP contribution in [0.5, 0.6) is 0 Å². The number of hydrogen-bond donors (Lipinski definition) is 2. The van der Waals surface area contributed by atoms with Crippen molar-refractivity contribution in [3.8, 4) is 0 Å². The zero-order valence-electron chi connectivity index (χ0n) is 10.6. The van der Waals surface area contributed by atoms with Crippen molar-refractivity contribution >= 4 is 17.3 Å². The first kappa shape index (κ1) is 12.9. The Morgan fingerprint density at radius 1 is 1.26 bits per heavy atom. The van der Waals surface area contributed by atoms with Gasteiger partial charge in [0.1, 0.15) is 6.54 Å². The molecule has 2 rings (SSSR count). The number of nitrogens with one attached hydrogen (secondary N) is 1. The predicted octanol–water partition coefficient (Wildman–Crippen LogP) is 1.38. The molecule has 1 aromatic carbocycles. The van der Waals surface area contributed by atoms with E-state index < -0.39 is 0 Å². The van der Waals surface area contributed by atoms with Gasteiger partial charge in [0.15, 0.2) is 0 Å².